The van der Waals surface area contributed by atoms with Gasteiger partial charge in [0.05, 0.1) is 24.1 Å². The van der Waals surface area contributed by atoms with Crippen LogP contribution in [0.3, 0.4) is 0 Å². The zero-order valence-electron chi connectivity index (χ0n) is 17.7. The second-order valence-corrected chi connectivity index (χ2v) is 9.62. The van der Waals surface area contributed by atoms with Gasteiger partial charge in [-0.25, -0.2) is 4.98 Å². The van der Waals surface area contributed by atoms with Crippen LogP contribution < -0.4 is 5.01 Å². The molecule has 3 aromatic rings. The zero-order valence-corrected chi connectivity index (χ0v) is 18.5. The first-order chi connectivity index (χ1) is 14.9. The predicted molar refractivity (Wildman–Crippen MR) is 118 cm³/mol. The molecule has 0 unspecified atom stereocenters. The number of nitrogens with zero attached hydrogens (tertiary/aromatic N) is 6. The highest BCUT2D eigenvalue weighted by atomic mass is 32.1. The Morgan fingerprint density at radius 2 is 1.90 bits per heavy atom. The fraction of sp³-hybridized carbons (Fsp3) is 0.455. The van der Waals surface area contributed by atoms with E-state index in [0.29, 0.717) is 23.7 Å². The molecule has 162 valence electrons. The van der Waals surface area contributed by atoms with Gasteiger partial charge in [-0.1, -0.05) is 23.1 Å². The number of aliphatic hydroxyl groups is 1. The van der Waals surface area contributed by atoms with Crippen LogP contribution in [0, 0.1) is 5.92 Å². The Bertz CT molecular complexity index is 1070. The average molecular weight is 439 g/mol. The Morgan fingerprint density at radius 3 is 2.65 bits per heavy atom. The van der Waals surface area contributed by atoms with Crippen molar-refractivity contribution in [2.75, 3.05) is 24.6 Å². The third kappa shape index (κ3) is 3.72. The van der Waals surface area contributed by atoms with Crippen LogP contribution in [-0.4, -0.2) is 61.7 Å². The standard InChI is InChI=1S/C22H26N6O2S/c1-22(2,30)19-14-31-20(25-19)16-5-3-4-6-17(16)21(29)26-11-7-15-8-12-27(18(15)13-26)28-23-9-10-24-28/h3-6,9-10,14-15,18,30H,7-8,11-13H2,1-2H3/t15-,18-/m0/s1. The fourth-order valence-corrected chi connectivity index (χ4v) is 5.59. The number of thiazole rings is 1. The van der Waals surface area contributed by atoms with Crippen molar-refractivity contribution in [3.8, 4) is 10.6 Å². The first-order valence-corrected chi connectivity index (χ1v) is 11.5. The lowest BCUT2D eigenvalue weighted by Crippen LogP contribution is -2.53. The van der Waals surface area contributed by atoms with Crippen molar-refractivity contribution in [1.82, 2.24) is 25.0 Å². The van der Waals surface area contributed by atoms with Crippen molar-refractivity contribution >= 4 is 17.2 Å². The van der Waals surface area contributed by atoms with Gasteiger partial charge in [0, 0.05) is 36.1 Å². The SMILES string of the molecule is CC(C)(O)c1csc(-c2ccccc2C(=O)N2CC[C@H]3CCN(n4nccn4)[C@H]3C2)n1. The predicted octanol–water partition coefficient (Wildman–Crippen LogP) is 2.50. The summed E-state index contributed by atoms with van der Waals surface area (Å²) in [5.74, 6) is 0.577. The van der Waals surface area contributed by atoms with E-state index in [1.165, 1.54) is 11.3 Å². The van der Waals surface area contributed by atoms with E-state index >= 15 is 0 Å². The first kappa shape index (κ1) is 20.1. The van der Waals surface area contributed by atoms with Crippen molar-refractivity contribution < 1.29 is 9.90 Å². The third-order valence-corrected chi connectivity index (χ3v) is 7.15. The molecule has 1 N–H and O–H groups in total. The van der Waals surface area contributed by atoms with Crippen molar-refractivity contribution in [2.24, 2.45) is 5.92 Å². The molecule has 2 aliphatic rings. The van der Waals surface area contributed by atoms with Crippen LogP contribution in [-0.2, 0) is 5.60 Å². The Hall–Kier alpha value is -2.78. The second-order valence-electron chi connectivity index (χ2n) is 8.76. The van der Waals surface area contributed by atoms with Gasteiger partial charge in [0.2, 0.25) is 0 Å². The highest BCUT2D eigenvalue weighted by Crippen LogP contribution is 2.34. The minimum atomic E-state index is -1.01. The van der Waals surface area contributed by atoms with E-state index in [1.807, 2.05) is 34.5 Å². The van der Waals surface area contributed by atoms with Crippen LogP contribution in [0.5, 0.6) is 0 Å². The Balaban J connectivity index is 1.40. The average Bonchev–Trinajstić information content (AvgIpc) is 3.52. The normalized spacial score (nSPS) is 21.4. The van der Waals surface area contributed by atoms with E-state index in [1.54, 1.807) is 31.1 Å². The number of benzene rings is 1. The van der Waals surface area contributed by atoms with Crippen molar-refractivity contribution in [3.05, 3.63) is 53.3 Å². The highest BCUT2D eigenvalue weighted by Gasteiger charge is 2.41. The van der Waals surface area contributed by atoms with Crippen LogP contribution in [0.1, 0.15) is 42.7 Å². The summed E-state index contributed by atoms with van der Waals surface area (Å²) in [6.45, 7) is 5.75. The van der Waals surface area contributed by atoms with Gasteiger partial charge in [-0.15, -0.1) is 21.5 Å². The maximum Gasteiger partial charge on any atom is 0.254 e. The van der Waals surface area contributed by atoms with Gasteiger partial charge in [0.15, 0.2) is 0 Å². The van der Waals surface area contributed by atoms with E-state index in [4.69, 9.17) is 0 Å². The Labute approximate surface area is 185 Å². The molecular formula is C22H26N6O2S. The summed E-state index contributed by atoms with van der Waals surface area (Å²) < 4.78 is 0. The molecular weight excluding hydrogens is 412 g/mol. The zero-order chi connectivity index (χ0) is 21.6. The molecule has 0 saturated carbocycles. The number of carbonyl (C=O) groups is 1. The van der Waals surface area contributed by atoms with Crippen LogP contribution in [0.25, 0.3) is 10.6 Å². The number of aromatic nitrogens is 4. The molecule has 0 aliphatic carbocycles. The maximum absolute atomic E-state index is 13.6. The number of likely N-dealkylation sites (tertiary alicyclic amines) is 1. The monoisotopic (exact) mass is 438 g/mol. The van der Waals surface area contributed by atoms with Crippen LogP contribution in [0.15, 0.2) is 42.0 Å². The van der Waals surface area contributed by atoms with Gasteiger partial charge in [0.25, 0.3) is 5.91 Å². The molecule has 2 saturated heterocycles. The summed E-state index contributed by atoms with van der Waals surface area (Å²) in [4.78, 5) is 21.8. The molecule has 9 heteroatoms. The van der Waals surface area contributed by atoms with Crippen LogP contribution in [0.2, 0.25) is 0 Å². The smallest absolute Gasteiger partial charge is 0.254 e. The molecule has 1 aromatic carbocycles. The molecule has 2 atom stereocenters. The highest BCUT2D eigenvalue weighted by molar-refractivity contribution is 7.13. The molecule has 2 aliphatic heterocycles. The molecule has 2 aromatic heterocycles. The fourth-order valence-electron chi connectivity index (χ4n) is 4.57. The quantitative estimate of drug-likeness (QED) is 0.674. The molecule has 4 heterocycles. The number of amides is 1. The lowest BCUT2D eigenvalue weighted by atomic mass is 9.92. The number of rotatable bonds is 4. The molecule has 1 amide bonds. The molecule has 2 fully saturated rings. The Kier molecular flexibility index (Phi) is 5.02. The van der Waals surface area contributed by atoms with Crippen molar-refractivity contribution in [1.29, 1.82) is 0 Å². The van der Waals surface area contributed by atoms with Gasteiger partial charge < -0.3 is 10.0 Å². The van der Waals surface area contributed by atoms with Crippen LogP contribution in [0.4, 0.5) is 0 Å². The lowest BCUT2D eigenvalue weighted by Gasteiger charge is -2.38. The summed E-state index contributed by atoms with van der Waals surface area (Å²) in [6.07, 6.45) is 5.46. The molecule has 0 spiro atoms. The van der Waals surface area contributed by atoms with Gasteiger partial charge >= 0.3 is 0 Å². The number of hydrogen-bond donors (Lipinski definition) is 1. The van der Waals surface area contributed by atoms with E-state index in [9.17, 15) is 9.90 Å². The van der Waals surface area contributed by atoms with E-state index in [2.05, 4.69) is 20.2 Å². The summed E-state index contributed by atoms with van der Waals surface area (Å²) in [5.41, 5.74) is 1.07. The first-order valence-electron chi connectivity index (χ1n) is 10.6. The summed E-state index contributed by atoms with van der Waals surface area (Å²) in [7, 11) is 0. The summed E-state index contributed by atoms with van der Waals surface area (Å²) >= 11 is 1.45. The van der Waals surface area contributed by atoms with Crippen molar-refractivity contribution in [2.45, 2.75) is 38.3 Å². The maximum atomic E-state index is 13.6. The van der Waals surface area contributed by atoms with Gasteiger partial charge in [-0.3, -0.25) is 9.80 Å². The third-order valence-electron chi connectivity index (χ3n) is 6.28. The van der Waals surface area contributed by atoms with E-state index < -0.39 is 5.60 Å². The molecule has 0 bridgehead atoms. The molecule has 0 radical (unpaired) electrons. The van der Waals surface area contributed by atoms with E-state index in [0.717, 1.165) is 36.5 Å². The largest absolute Gasteiger partial charge is 0.384 e. The van der Waals surface area contributed by atoms with E-state index in [-0.39, 0.29) is 11.9 Å². The lowest BCUT2D eigenvalue weighted by molar-refractivity contribution is 0.0669. The van der Waals surface area contributed by atoms with Crippen LogP contribution >= 0.6 is 11.3 Å². The van der Waals surface area contributed by atoms with Gasteiger partial charge in [0.1, 0.15) is 10.6 Å². The Morgan fingerprint density at radius 1 is 1.16 bits per heavy atom. The number of carbonyl (C=O) groups excluding carboxylic acids is 1. The minimum absolute atomic E-state index is 0.0225. The van der Waals surface area contributed by atoms with Gasteiger partial charge in [-0.05, 0) is 38.7 Å². The minimum Gasteiger partial charge on any atom is -0.384 e. The number of fused-ring (bicyclic) bond motifs is 1. The number of piperidine rings is 1. The van der Waals surface area contributed by atoms with Crippen molar-refractivity contribution in [3.63, 3.8) is 0 Å². The summed E-state index contributed by atoms with van der Waals surface area (Å²) in [6, 6.07) is 7.84. The second kappa shape index (κ2) is 7.72. The summed E-state index contributed by atoms with van der Waals surface area (Å²) in [5, 5.41) is 23.6. The molecule has 5 rings (SSSR count). The van der Waals surface area contributed by atoms with Gasteiger partial charge in [-0.2, -0.15) is 0 Å². The molecule has 31 heavy (non-hydrogen) atoms. The molecule has 8 nitrogen and oxygen atoms in total. The topological polar surface area (TPSA) is 87.4 Å². The number of hydrogen-bond acceptors (Lipinski definition) is 7.